The molecule has 1 aromatic heterocycles. The normalized spacial score (nSPS) is 21.3. The SMILES string of the molecule is Cc1oncc1C(=O)N1CCCCCC1CO. The molecular weight excluding hydrogens is 220 g/mol. The average molecular weight is 238 g/mol. The molecule has 1 aromatic rings. The Hall–Kier alpha value is -1.36. The molecule has 1 unspecified atom stereocenters. The van der Waals surface area contributed by atoms with E-state index in [1.807, 2.05) is 0 Å². The van der Waals surface area contributed by atoms with Crippen LogP contribution in [0.15, 0.2) is 10.7 Å². The molecule has 1 fully saturated rings. The zero-order chi connectivity index (χ0) is 12.3. The van der Waals surface area contributed by atoms with Crippen LogP contribution in [-0.2, 0) is 0 Å². The minimum Gasteiger partial charge on any atom is -0.394 e. The molecule has 0 aliphatic carbocycles. The molecule has 0 saturated carbocycles. The number of hydrogen-bond acceptors (Lipinski definition) is 4. The Bertz CT molecular complexity index is 389. The highest BCUT2D eigenvalue weighted by atomic mass is 16.5. The lowest BCUT2D eigenvalue weighted by atomic mass is 10.1. The van der Waals surface area contributed by atoms with Crippen molar-refractivity contribution in [3.8, 4) is 0 Å². The third kappa shape index (κ3) is 2.49. The van der Waals surface area contributed by atoms with E-state index in [9.17, 15) is 9.90 Å². The van der Waals surface area contributed by atoms with Crippen LogP contribution in [0.3, 0.4) is 0 Å². The van der Waals surface area contributed by atoms with Crippen molar-refractivity contribution in [2.45, 2.75) is 38.6 Å². The number of carbonyl (C=O) groups excluding carboxylic acids is 1. The van der Waals surface area contributed by atoms with Gasteiger partial charge in [0, 0.05) is 6.54 Å². The molecule has 1 amide bonds. The summed E-state index contributed by atoms with van der Waals surface area (Å²) in [5, 5.41) is 13.0. The second-order valence-corrected chi connectivity index (χ2v) is 4.48. The maximum absolute atomic E-state index is 12.3. The monoisotopic (exact) mass is 238 g/mol. The molecule has 1 N–H and O–H groups in total. The summed E-state index contributed by atoms with van der Waals surface area (Å²) in [5.41, 5.74) is 0.505. The number of aromatic nitrogens is 1. The summed E-state index contributed by atoms with van der Waals surface area (Å²) in [5.74, 6) is 0.459. The van der Waals surface area contributed by atoms with Gasteiger partial charge in [-0.15, -0.1) is 0 Å². The molecule has 1 aliphatic heterocycles. The standard InChI is InChI=1S/C12H18N2O3/c1-9-11(7-13-17-9)12(16)14-6-4-2-3-5-10(14)8-15/h7,10,15H,2-6,8H2,1H3. The fraction of sp³-hybridized carbons (Fsp3) is 0.667. The molecule has 0 bridgehead atoms. The van der Waals surface area contributed by atoms with Gasteiger partial charge in [-0.1, -0.05) is 18.0 Å². The van der Waals surface area contributed by atoms with Crippen LogP contribution in [0.2, 0.25) is 0 Å². The van der Waals surface area contributed by atoms with Crippen LogP contribution >= 0.6 is 0 Å². The van der Waals surface area contributed by atoms with Gasteiger partial charge in [-0.05, 0) is 19.8 Å². The van der Waals surface area contributed by atoms with E-state index in [0.717, 1.165) is 25.7 Å². The van der Waals surface area contributed by atoms with Crippen molar-refractivity contribution < 1.29 is 14.4 Å². The summed E-state index contributed by atoms with van der Waals surface area (Å²) in [4.78, 5) is 14.1. The fourth-order valence-corrected chi connectivity index (χ4v) is 2.29. The van der Waals surface area contributed by atoms with Crippen LogP contribution in [-0.4, -0.2) is 40.3 Å². The smallest absolute Gasteiger partial charge is 0.259 e. The van der Waals surface area contributed by atoms with Crippen molar-refractivity contribution in [2.75, 3.05) is 13.2 Å². The van der Waals surface area contributed by atoms with Crippen molar-refractivity contribution >= 4 is 5.91 Å². The van der Waals surface area contributed by atoms with E-state index in [-0.39, 0.29) is 18.6 Å². The van der Waals surface area contributed by atoms with Crippen LogP contribution in [0.25, 0.3) is 0 Å². The van der Waals surface area contributed by atoms with E-state index >= 15 is 0 Å². The van der Waals surface area contributed by atoms with Crippen LogP contribution < -0.4 is 0 Å². The molecule has 2 rings (SSSR count). The third-order valence-corrected chi connectivity index (χ3v) is 3.33. The Morgan fingerprint density at radius 1 is 1.59 bits per heavy atom. The molecule has 0 aromatic carbocycles. The maximum Gasteiger partial charge on any atom is 0.259 e. The highest BCUT2D eigenvalue weighted by Gasteiger charge is 2.27. The van der Waals surface area contributed by atoms with E-state index in [2.05, 4.69) is 5.16 Å². The van der Waals surface area contributed by atoms with Crippen LogP contribution in [0.5, 0.6) is 0 Å². The zero-order valence-corrected chi connectivity index (χ0v) is 10.1. The minimum atomic E-state index is -0.0790. The Morgan fingerprint density at radius 3 is 3.06 bits per heavy atom. The Balaban J connectivity index is 2.18. The van der Waals surface area contributed by atoms with Crippen molar-refractivity contribution in [1.29, 1.82) is 0 Å². The van der Waals surface area contributed by atoms with Crippen LogP contribution in [0.1, 0.15) is 41.8 Å². The highest BCUT2D eigenvalue weighted by molar-refractivity contribution is 5.95. The van der Waals surface area contributed by atoms with Gasteiger partial charge in [0.15, 0.2) is 0 Å². The Kier molecular flexibility index (Phi) is 3.78. The molecule has 0 radical (unpaired) electrons. The van der Waals surface area contributed by atoms with E-state index in [1.165, 1.54) is 6.20 Å². The summed E-state index contributed by atoms with van der Waals surface area (Å²) in [6.45, 7) is 2.46. The number of likely N-dealkylation sites (tertiary alicyclic amines) is 1. The third-order valence-electron chi connectivity index (χ3n) is 3.33. The highest BCUT2D eigenvalue weighted by Crippen LogP contribution is 2.20. The summed E-state index contributed by atoms with van der Waals surface area (Å²) >= 11 is 0. The predicted octanol–water partition coefficient (Wildman–Crippen LogP) is 1.36. The van der Waals surface area contributed by atoms with Crippen LogP contribution in [0, 0.1) is 6.92 Å². The minimum absolute atomic E-state index is 0.0239. The summed E-state index contributed by atoms with van der Waals surface area (Å²) in [7, 11) is 0. The Labute approximate surface area is 100 Å². The number of aliphatic hydroxyl groups is 1. The molecule has 5 nitrogen and oxygen atoms in total. The fourth-order valence-electron chi connectivity index (χ4n) is 2.29. The molecule has 5 heteroatoms. The lowest BCUT2D eigenvalue weighted by Crippen LogP contribution is -2.42. The number of nitrogens with zero attached hydrogens (tertiary/aromatic N) is 2. The first-order valence-corrected chi connectivity index (χ1v) is 6.07. The molecule has 1 saturated heterocycles. The summed E-state index contributed by atoms with van der Waals surface area (Å²) < 4.78 is 4.92. The molecule has 1 aliphatic rings. The van der Waals surface area contributed by atoms with Gasteiger partial charge in [0.25, 0.3) is 5.91 Å². The number of rotatable bonds is 2. The van der Waals surface area contributed by atoms with Crippen LogP contribution in [0.4, 0.5) is 0 Å². The zero-order valence-electron chi connectivity index (χ0n) is 10.1. The number of hydrogen-bond donors (Lipinski definition) is 1. The molecule has 94 valence electrons. The lowest BCUT2D eigenvalue weighted by molar-refractivity contribution is 0.0598. The van der Waals surface area contributed by atoms with Crippen molar-refractivity contribution in [3.05, 3.63) is 17.5 Å². The topological polar surface area (TPSA) is 66.6 Å². The van der Waals surface area contributed by atoms with Gasteiger partial charge in [0.05, 0.1) is 18.8 Å². The van der Waals surface area contributed by atoms with Crippen molar-refractivity contribution in [1.82, 2.24) is 10.1 Å². The van der Waals surface area contributed by atoms with E-state index < -0.39 is 0 Å². The molecule has 0 spiro atoms. The Morgan fingerprint density at radius 2 is 2.41 bits per heavy atom. The van der Waals surface area contributed by atoms with Gasteiger partial charge < -0.3 is 14.5 Å². The van der Waals surface area contributed by atoms with Gasteiger partial charge in [-0.25, -0.2) is 0 Å². The van der Waals surface area contributed by atoms with Gasteiger partial charge in [0.1, 0.15) is 11.3 Å². The van der Waals surface area contributed by atoms with Crippen molar-refractivity contribution in [2.24, 2.45) is 0 Å². The second-order valence-electron chi connectivity index (χ2n) is 4.48. The lowest BCUT2D eigenvalue weighted by Gasteiger charge is -2.28. The molecule has 17 heavy (non-hydrogen) atoms. The van der Waals surface area contributed by atoms with Crippen molar-refractivity contribution in [3.63, 3.8) is 0 Å². The number of carbonyl (C=O) groups is 1. The molecule has 1 atom stereocenters. The number of amides is 1. The average Bonchev–Trinajstić information content (AvgIpc) is 2.64. The predicted molar refractivity (Wildman–Crippen MR) is 61.6 cm³/mol. The molecular formula is C12H18N2O3. The summed E-state index contributed by atoms with van der Waals surface area (Å²) in [6.07, 6.45) is 5.50. The van der Waals surface area contributed by atoms with E-state index in [4.69, 9.17) is 4.52 Å². The van der Waals surface area contributed by atoms with Gasteiger partial charge in [-0.3, -0.25) is 4.79 Å². The first-order chi connectivity index (χ1) is 8.24. The summed E-state index contributed by atoms with van der Waals surface area (Å²) in [6, 6.07) is -0.0701. The van der Waals surface area contributed by atoms with E-state index in [0.29, 0.717) is 17.9 Å². The maximum atomic E-state index is 12.3. The first-order valence-electron chi connectivity index (χ1n) is 6.07. The largest absolute Gasteiger partial charge is 0.394 e. The van der Waals surface area contributed by atoms with Gasteiger partial charge >= 0.3 is 0 Å². The number of aliphatic hydroxyl groups excluding tert-OH is 1. The second kappa shape index (κ2) is 5.31. The first kappa shape index (κ1) is 12.1. The van der Waals surface area contributed by atoms with E-state index in [1.54, 1.807) is 11.8 Å². The van der Waals surface area contributed by atoms with Gasteiger partial charge in [0.2, 0.25) is 0 Å². The van der Waals surface area contributed by atoms with Gasteiger partial charge in [-0.2, -0.15) is 0 Å². The quantitative estimate of drug-likeness (QED) is 0.844. The molecule has 2 heterocycles. The number of aryl methyl sites for hydroxylation is 1.